The third-order valence-corrected chi connectivity index (χ3v) is 4.89. The second-order valence-corrected chi connectivity index (χ2v) is 6.36. The molecule has 3 aromatic rings. The third-order valence-electron chi connectivity index (χ3n) is 3.93. The number of pyridine rings is 1. The lowest BCUT2D eigenvalue weighted by molar-refractivity contribution is 0.692. The molecule has 0 amide bonds. The molecule has 1 aliphatic rings. The van der Waals surface area contributed by atoms with E-state index in [2.05, 4.69) is 52.1 Å². The van der Waals surface area contributed by atoms with Crippen LogP contribution in [0.25, 0.3) is 10.8 Å². The van der Waals surface area contributed by atoms with Gasteiger partial charge in [0.15, 0.2) is 0 Å². The van der Waals surface area contributed by atoms with Crippen LogP contribution in [0.2, 0.25) is 0 Å². The van der Waals surface area contributed by atoms with Crippen molar-refractivity contribution in [1.29, 1.82) is 0 Å². The van der Waals surface area contributed by atoms with E-state index in [0.717, 1.165) is 5.92 Å². The molecule has 0 spiro atoms. The minimum absolute atomic E-state index is 0.453. The number of hydrogen-bond acceptors (Lipinski definition) is 3. The number of fused-ring (bicyclic) bond motifs is 1. The first-order valence-corrected chi connectivity index (χ1v) is 7.92. The zero-order valence-corrected chi connectivity index (χ0v) is 11.9. The SMILES string of the molecule is c1csc(C(Nc2cccc3cnccc23)C2CC2)c1. The molecule has 1 N–H and O–H groups in total. The summed E-state index contributed by atoms with van der Waals surface area (Å²) < 4.78 is 0. The zero-order valence-electron chi connectivity index (χ0n) is 11.1. The fourth-order valence-electron chi connectivity index (χ4n) is 2.74. The Labute approximate surface area is 122 Å². The van der Waals surface area contributed by atoms with Crippen LogP contribution in [-0.2, 0) is 0 Å². The molecule has 2 aromatic heterocycles. The Morgan fingerprint density at radius 2 is 2.10 bits per heavy atom. The second kappa shape index (κ2) is 4.91. The predicted octanol–water partition coefficient (Wildman–Crippen LogP) is 4.86. The van der Waals surface area contributed by atoms with Gasteiger partial charge < -0.3 is 5.32 Å². The summed E-state index contributed by atoms with van der Waals surface area (Å²) in [5.41, 5.74) is 1.22. The van der Waals surface area contributed by atoms with E-state index >= 15 is 0 Å². The number of aromatic nitrogens is 1. The van der Waals surface area contributed by atoms with Gasteiger partial charge in [-0.05, 0) is 42.3 Å². The summed E-state index contributed by atoms with van der Waals surface area (Å²) in [5, 5.41) is 8.38. The molecule has 0 bridgehead atoms. The molecule has 1 aliphatic carbocycles. The molecule has 1 aromatic carbocycles. The molecule has 0 radical (unpaired) electrons. The highest BCUT2D eigenvalue weighted by atomic mass is 32.1. The summed E-state index contributed by atoms with van der Waals surface area (Å²) in [6.45, 7) is 0. The second-order valence-electron chi connectivity index (χ2n) is 5.38. The number of thiophene rings is 1. The van der Waals surface area contributed by atoms with Crippen LogP contribution in [0.5, 0.6) is 0 Å². The molecule has 2 heterocycles. The van der Waals surface area contributed by atoms with Crippen LogP contribution in [0.1, 0.15) is 23.8 Å². The Balaban J connectivity index is 1.72. The zero-order chi connectivity index (χ0) is 13.4. The molecule has 1 fully saturated rings. The fraction of sp³-hybridized carbons (Fsp3) is 0.235. The molecule has 1 atom stereocenters. The van der Waals surface area contributed by atoms with E-state index in [1.54, 1.807) is 0 Å². The van der Waals surface area contributed by atoms with E-state index in [1.807, 2.05) is 23.7 Å². The van der Waals surface area contributed by atoms with Gasteiger partial charge in [0.2, 0.25) is 0 Å². The number of nitrogens with one attached hydrogen (secondary N) is 1. The molecule has 1 saturated carbocycles. The van der Waals surface area contributed by atoms with Crippen molar-refractivity contribution in [3.05, 3.63) is 59.0 Å². The molecule has 2 nitrogen and oxygen atoms in total. The highest BCUT2D eigenvalue weighted by Gasteiger charge is 2.33. The van der Waals surface area contributed by atoms with Crippen molar-refractivity contribution >= 4 is 27.8 Å². The van der Waals surface area contributed by atoms with Crippen LogP contribution >= 0.6 is 11.3 Å². The Hall–Kier alpha value is -1.87. The van der Waals surface area contributed by atoms with Gasteiger partial charge in [-0.15, -0.1) is 11.3 Å². The number of rotatable bonds is 4. The normalized spacial score (nSPS) is 16.2. The van der Waals surface area contributed by atoms with E-state index in [-0.39, 0.29) is 0 Å². The van der Waals surface area contributed by atoms with Crippen LogP contribution in [0, 0.1) is 5.92 Å². The fourth-order valence-corrected chi connectivity index (χ4v) is 3.60. The van der Waals surface area contributed by atoms with Gasteiger partial charge in [-0.2, -0.15) is 0 Å². The largest absolute Gasteiger partial charge is 0.377 e. The topological polar surface area (TPSA) is 24.9 Å². The summed E-state index contributed by atoms with van der Waals surface area (Å²) in [6, 6.07) is 13.3. The lowest BCUT2D eigenvalue weighted by Gasteiger charge is -2.19. The molecule has 1 unspecified atom stereocenters. The van der Waals surface area contributed by atoms with Crippen LogP contribution in [0.15, 0.2) is 54.2 Å². The van der Waals surface area contributed by atoms with Crippen LogP contribution in [0.4, 0.5) is 5.69 Å². The van der Waals surface area contributed by atoms with Crippen molar-refractivity contribution in [2.75, 3.05) is 5.32 Å². The molecule has 0 aliphatic heterocycles. The molecule has 4 rings (SSSR count). The van der Waals surface area contributed by atoms with Gasteiger partial charge in [0.05, 0.1) is 6.04 Å². The molecular weight excluding hydrogens is 264 g/mol. The Morgan fingerprint density at radius 1 is 1.15 bits per heavy atom. The van der Waals surface area contributed by atoms with Crippen molar-refractivity contribution in [3.63, 3.8) is 0 Å². The van der Waals surface area contributed by atoms with Crippen LogP contribution in [0.3, 0.4) is 0 Å². The number of nitrogens with zero attached hydrogens (tertiary/aromatic N) is 1. The monoisotopic (exact) mass is 280 g/mol. The molecule has 3 heteroatoms. The Kier molecular flexibility index (Phi) is 2.92. The number of anilines is 1. The predicted molar refractivity (Wildman–Crippen MR) is 85.1 cm³/mol. The first kappa shape index (κ1) is 11.9. The van der Waals surface area contributed by atoms with Gasteiger partial charge in [0, 0.05) is 33.7 Å². The molecule has 0 saturated heterocycles. The average Bonchev–Trinajstić information content (AvgIpc) is 3.19. The maximum absolute atomic E-state index is 4.20. The van der Waals surface area contributed by atoms with E-state index in [0.29, 0.717) is 6.04 Å². The molecule has 20 heavy (non-hydrogen) atoms. The van der Waals surface area contributed by atoms with Gasteiger partial charge in [-0.3, -0.25) is 4.98 Å². The summed E-state index contributed by atoms with van der Waals surface area (Å²) in [7, 11) is 0. The van der Waals surface area contributed by atoms with E-state index < -0.39 is 0 Å². The average molecular weight is 280 g/mol. The first-order chi connectivity index (χ1) is 9.92. The standard InChI is InChI=1S/C17H16N2S/c1-3-13-11-18-9-8-14(13)15(4-1)19-17(12-6-7-12)16-5-2-10-20-16/h1-5,8-12,17,19H,6-7H2. The van der Waals surface area contributed by atoms with E-state index in [1.165, 1.54) is 34.2 Å². The minimum atomic E-state index is 0.453. The first-order valence-electron chi connectivity index (χ1n) is 7.04. The summed E-state index contributed by atoms with van der Waals surface area (Å²) >= 11 is 1.85. The maximum atomic E-state index is 4.20. The highest BCUT2D eigenvalue weighted by Crippen LogP contribution is 2.44. The van der Waals surface area contributed by atoms with Gasteiger partial charge in [-0.25, -0.2) is 0 Å². The van der Waals surface area contributed by atoms with Crippen molar-refractivity contribution < 1.29 is 0 Å². The van der Waals surface area contributed by atoms with Gasteiger partial charge in [0.1, 0.15) is 0 Å². The summed E-state index contributed by atoms with van der Waals surface area (Å²) in [5.74, 6) is 0.783. The van der Waals surface area contributed by atoms with E-state index in [4.69, 9.17) is 0 Å². The van der Waals surface area contributed by atoms with Gasteiger partial charge >= 0.3 is 0 Å². The number of benzene rings is 1. The highest BCUT2D eigenvalue weighted by molar-refractivity contribution is 7.10. The minimum Gasteiger partial charge on any atom is -0.377 e. The Bertz CT molecular complexity index is 711. The molecule has 100 valence electrons. The van der Waals surface area contributed by atoms with Crippen molar-refractivity contribution in [3.8, 4) is 0 Å². The van der Waals surface area contributed by atoms with Crippen molar-refractivity contribution in [2.45, 2.75) is 18.9 Å². The lowest BCUT2D eigenvalue weighted by Crippen LogP contribution is -2.11. The van der Waals surface area contributed by atoms with Crippen LogP contribution < -0.4 is 5.32 Å². The van der Waals surface area contributed by atoms with Gasteiger partial charge in [-0.1, -0.05) is 18.2 Å². The quantitative estimate of drug-likeness (QED) is 0.738. The van der Waals surface area contributed by atoms with Crippen molar-refractivity contribution in [2.24, 2.45) is 5.92 Å². The smallest absolute Gasteiger partial charge is 0.0634 e. The van der Waals surface area contributed by atoms with E-state index in [9.17, 15) is 0 Å². The maximum Gasteiger partial charge on any atom is 0.0634 e. The summed E-state index contributed by atoms with van der Waals surface area (Å²) in [6.07, 6.45) is 6.46. The molecular formula is C17H16N2S. The van der Waals surface area contributed by atoms with Gasteiger partial charge in [0.25, 0.3) is 0 Å². The lowest BCUT2D eigenvalue weighted by atomic mass is 10.1. The van der Waals surface area contributed by atoms with Crippen molar-refractivity contribution in [1.82, 2.24) is 4.98 Å². The number of hydrogen-bond donors (Lipinski definition) is 1. The van der Waals surface area contributed by atoms with Crippen LogP contribution in [-0.4, -0.2) is 4.98 Å². The third kappa shape index (κ3) is 2.18. The Morgan fingerprint density at radius 3 is 2.90 bits per heavy atom. The summed E-state index contributed by atoms with van der Waals surface area (Å²) in [4.78, 5) is 5.65.